The monoisotopic (exact) mass is 318 g/mol. The molecular formula is C18H23ClN2O. The highest BCUT2D eigenvalue weighted by molar-refractivity contribution is 5.85. The quantitative estimate of drug-likeness (QED) is 0.885. The van der Waals surface area contributed by atoms with Gasteiger partial charge in [-0.1, -0.05) is 61.5 Å². The van der Waals surface area contributed by atoms with Crippen molar-refractivity contribution in [1.82, 2.24) is 5.32 Å². The smallest absolute Gasteiger partial charge is 0.241 e. The topological polar surface area (TPSA) is 55.1 Å². The van der Waals surface area contributed by atoms with Crippen molar-refractivity contribution < 1.29 is 4.79 Å². The molecule has 0 spiro atoms. The molecule has 0 saturated heterocycles. The number of rotatable bonds is 5. The molecule has 2 aromatic carbocycles. The third kappa shape index (κ3) is 4.58. The highest BCUT2D eigenvalue weighted by atomic mass is 35.5. The van der Waals surface area contributed by atoms with Crippen molar-refractivity contribution in [1.29, 1.82) is 0 Å². The molecule has 118 valence electrons. The number of amides is 1. The number of carbonyl (C=O) groups is 1. The second-order valence-corrected chi connectivity index (χ2v) is 5.21. The van der Waals surface area contributed by atoms with Gasteiger partial charge in [0.05, 0.1) is 6.04 Å². The number of halogens is 1. The molecule has 0 bridgehead atoms. The molecule has 2 rings (SSSR count). The molecule has 0 heterocycles. The molecule has 2 atom stereocenters. The van der Waals surface area contributed by atoms with Gasteiger partial charge in [0.15, 0.2) is 0 Å². The van der Waals surface area contributed by atoms with Crippen molar-refractivity contribution in [3.8, 4) is 0 Å². The number of aryl methyl sites for hydroxylation is 1. The number of benzene rings is 2. The lowest BCUT2D eigenvalue weighted by Crippen LogP contribution is -2.35. The first-order valence-electron chi connectivity index (χ1n) is 7.31. The molecule has 2 unspecified atom stereocenters. The van der Waals surface area contributed by atoms with Gasteiger partial charge in [-0.3, -0.25) is 4.79 Å². The zero-order chi connectivity index (χ0) is 15.2. The van der Waals surface area contributed by atoms with E-state index < -0.39 is 6.04 Å². The summed E-state index contributed by atoms with van der Waals surface area (Å²) in [5.74, 6) is -0.159. The third-order valence-corrected chi connectivity index (χ3v) is 3.69. The molecule has 0 radical (unpaired) electrons. The van der Waals surface area contributed by atoms with Crippen LogP contribution in [0.5, 0.6) is 0 Å². The number of hydrogen-bond donors (Lipinski definition) is 2. The summed E-state index contributed by atoms with van der Waals surface area (Å²) in [6, 6.07) is 17.0. The lowest BCUT2D eigenvalue weighted by molar-refractivity contribution is -0.123. The predicted molar refractivity (Wildman–Crippen MR) is 93.0 cm³/mol. The Balaban J connectivity index is 0.00000242. The first kappa shape index (κ1) is 18.2. The van der Waals surface area contributed by atoms with Gasteiger partial charge in [0, 0.05) is 0 Å². The fourth-order valence-corrected chi connectivity index (χ4v) is 2.24. The van der Waals surface area contributed by atoms with Crippen molar-refractivity contribution in [3.63, 3.8) is 0 Å². The summed E-state index contributed by atoms with van der Waals surface area (Å²) in [5.41, 5.74) is 9.20. The largest absolute Gasteiger partial charge is 0.348 e. The van der Waals surface area contributed by atoms with Crippen molar-refractivity contribution in [2.24, 2.45) is 5.73 Å². The summed E-state index contributed by atoms with van der Waals surface area (Å²) in [5, 5.41) is 2.97. The normalized spacial score (nSPS) is 12.9. The fraction of sp³-hybridized carbons (Fsp3) is 0.278. The number of nitrogens with one attached hydrogen (secondary N) is 1. The average molecular weight is 319 g/mol. The van der Waals surface area contributed by atoms with E-state index in [1.54, 1.807) is 0 Å². The van der Waals surface area contributed by atoms with E-state index in [9.17, 15) is 4.79 Å². The Kier molecular flexibility index (Phi) is 7.09. The van der Waals surface area contributed by atoms with Crippen LogP contribution in [0.25, 0.3) is 0 Å². The lowest BCUT2D eigenvalue weighted by atomic mass is 10.0. The zero-order valence-electron chi connectivity index (χ0n) is 13.0. The Hall–Kier alpha value is -1.84. The van der Waals surface area contributed by atoms with E-state index in [4.69, 9.17) is 5.73 Å². The summed E-state index contributed by atoms with van der Waals surface area (Å²) in [6.45, 7) is 4.09. The number of nitrogens with two attached hydrogens (primary N) is 1. The molecule has 0 aliphatic heterocycles. The van der Waals surface area contributed by atoms with Gasteiger partial charge in [0.2, 0.25) is 5.91 Å². The average Bonchev–Trinajstić information content (AvgIpc) is 2.55. The molecular weight excluding hydrogens is 296 g/mol. The van der Waals surface area contributed by atoms with Gasteiger partial charge >= 0.3 is 0 Å². The van der Waals surface area contributed by atoms with E-state index >= 15 is 0 Å². The van der Waals surface area contributed by atoms with E-state index in [0.29, 0.717) is 0 Å². The first-order chi connectivity index (χ1) is 10.1. The molecule has 0 aliphatic carbocycles. The Bertz CT molecular complexity index is 584. The van der Waals surface area contributed by atoms with Crippen LogP contribution in [-0.2, 0) is 11.2 Å². The van der Waals surface area contributed by atoms with E-state index in [1.807, 2.05) is 37.3 Å². The van der Waals surface area contributed by atoms with Crippen LogP contribution in [0.1, 0.15) is 42.6 Å². The predicted octanol–water partition coefficient (Wildman–Crippen LogP) is 3.55. The molecule has 1 amide bonds. The summed E-state index contributed by atoms with van der Waals surface area (Å²) in [4.78, 5) is 12.2. The van der Waals surface area contributed by atoms with Crippen molar-refractivity contribution in [2.45, 2.75) is 32.4 Å². The lowest BCUT2D eigenvalue weighted by Gasteiger charge is -2.18. The van der Waals surface area contributed by atoms with Crippen molar-refractivity contribution in [3.05, 3.63) is 71.3 Å². The second-order valence-electron chi connectivity index (χ2n) is 5.21. The van der Waals surface area contributed by atoms with Crippen LogP contribution in [0.2, 0.25) is 0 Å². The summed E-state index contributed by atoms with van der Waals surface area (Å²) in [7, 11) is 0. The van der Waals surface area contributed by atoms with Gasteiger partial charge in [-0.2, -0.15) is 0 Å². The van der Waals surface area contributed by atoms with E-state index in [0.717, 1.165) is 17.5 Å². The van der Waals surface area contributed by atoms with E-state index in [2.05, 4.69) is 36.5 Å². The maximum Gasteiger partial charge on any atom is 0.241 e. The molecule has 4 heteroatoms. The van der Waals surface area contributed by atoms with Gasteiger partial charge < -0.3 is 11.1 Å². The molecule has 2 aromatic rings. The molecule has 22 heavy (non-hydrogen) atoms. The standard InChI is InChI=1S/C18H22N2O.ClH/c1-3-14-9-11-15(12-10-14)13(2)20-18(21)17(19)16-7-5-4-6-8-16;/h4-13,17H,3,19H2,1-2H3,(H,20,21);1H. The van der Waals surface area contributed by atoms with Gasteiger partial charge in [-0.25, -0.2) is 0 Å². The Labute approximate surface area is 138 Å². The molecule has 0 saturated carbocycles. The zero-order valence-corrected chi connectivity index (χ0v) is 13.8. The van der Waals surface area contributed by atoms with Gasteiger partial charge in [-0.15, -0.1) is 12.4 Å². The van der Waals surface area contributed by atoms with Crippen LogP contribution < -0.4 is 11.1 Å². The van der Waals surface area contributed by atoms with Crippen LogP contribution in [0.15, 0.2) is 54.6 Å². The number of hydrogen-bond acceptors (Lipinski definition) is 2. The SMILES string of the molecule is CCc1ccc(C(C)NC(=O)C(N)c2ccccc2)cc1.Cl. The Morgan fingerprint density at radius 2 is 1.64 bits per heavy atom. The van der Waals surface area contributed by atoms with Gasteiger partial charge in [0.25, 0.3) is 0 Å². The molecule has 3 N–H and O–H groups in total. The van der Waals surface area contributed by atoms with E-state index in [-0.39, 0.29) is 24.4 Å². The minimum absolute atomic E-state index is 0. The maximum absolute atomic E-state index is 12.2. The summed E-state index contributed by atoms with van der Waals surface area (Å²) < 4.78 is 0. The van der Waals surface area contributed by atoms with Crippen molar-refractivity contribution >= 4 is 18.3 Å². The third-order valence-electron chi connectivity index (χ3n) is 3.69. The van der Waals surface area contributed by atoms with Crippen LogP contribution in [-0.4, -0.2) is 5.91 Å². The number of carbonyl (C=O) groups excluding carboxylic acids is 1. The molecule has 3 nitrogen and oxygen atoms in total. The summed E-state index contributed by atoms with van der Waals surface area (Å²) in [6.07, 6.45) is 1.01. The van der Waals surface area contributed by atoms with Crippen LogP contribution in [0.3, 0.4) is 0 Å². The molecule has 0 aromatic heterocycles. The van der Waals surface area contributed by atoms with Gasteiger partial charge in [-0.05, 0) is 30.0 Å². The molecule has 0 fully saturated rings. The second kappa shape index (κ2) is 8.57. The van der Waals surface area contributed by atoms with Crippen LogP contribution in [0, 0.1) is 0 Å². The minimum Gasteiger partial charge on any atom is -0.348 e. The van der Waals surface area contributed by atoms with Gasteiger partial charge in [0.1, 0.15) is 6.04 Å². The van der Waals surface area contributed by atoms with E-state index in [1.165, 1.54) is 5.56 Å². The first-order valence-corrected chi connectivity index (χ1v) is 7.31. The Morgan fingerprint density at radius 3 is 2.18 bits per heavy atom. The van der Waals surface area contributed by atoms with Crippen LogP contribution in [0.4, 0.5) is 0 Å². The van der Waals surface area contributed by atoms with Crippen LogP contribution >= 0.6 is 12.4 Å². The highest BCUT2D eigenvalue weighted by Crippen LogP contribution is 2.16. The Morgan fingerprint density at radius 1 is 1.05 bits per heavy atom. The fourth-order valence-electron chi connectivity index (χ4n) is 2.24. The minimum atomic E-state index is -0.636. The maximum atomic E-state index is 12.2. The summed E-state index contributed by atoms with van der Waals surface area (Å²) >= 11 is 0. The molecule has 0 aliphatic rings. The highest BCUT2D eigenvalue weighted by Gasteiger charge is 2.17. The van der Waals surface area contributed by atoms with Crippen molar-refractivity contribution in [2.75, 3.05) is 0 Å².